The first kappa shape index (κ1) is 9.01. The third-order valence-corrected chi connectivity index (χ3v) is 3.00. The lowest BCUT2D eigenvalue weighted by Gasteiger charge is -2.36. The molecule has 2 heteroatoms. The Kier molecular flexibility index (Phi) is 2.90. The van der Waals surface area contributed by atoms with Crippen molar-refractivity contribution in [1.82, 2.24) is 0 Å². The van der Waals surface area contributed by atoms with Crippen LogP contribution in [-0.4, -0.2) is 35.5 Å². The zero-order chi connectivity index (χ0) is 8.32. The van der Waals surface area contributed by atoms with Gasteiger partial charge in [0, 0.05) is 12.8 Å². The predicted octanol–water partition coefficient (Wildman–Crippen LogP) is 1.35. The number of aliphatic hydroxyl groups is 1. The van der Waals surface area contributed by atoms with Crippen molar-refractivity contribution in [2.24, 2.45) is 0 Å². The number of aliphatic hydroxyl groups excluding tert-OH is 1. The Balaban J connectivity index is 2.57. The van der Waals surface area contributed by atoms with Crippen LogP contribution >= 0.6 is 0 Å². The van der Waals surface area contributed by atoms with Crippen molar-refractivity contribution in [3.8, 4) is 0 Å². The first-order valence-corrected chi connectivity index (χ1v) is 4.79. The molecule has 0 radical (unpaired) electrons. The van der Waals surface area contributed by atoms with Gasteiger partial charge < -0.3 is 5.11 Å². The van der Waals surface area contributed by atoms with Crippen molar-refractivity contribution in [1.29, 1.82) is 0 Å². The Labute approximate surface area is 69.4 Å². The molecule has 0 aromatic rings. The van der Waals surface area contributed by atoms with Crippen molar-refractivity contribution in [2.45, 2.75) is 39.3 Å². The van der Waals surface area contributed by atoms with Crippen molar-refractivity contribution < 1.29 is 9.59 Å². The maximum atomic E-state index is 9.74. The normalized spacial score (nSPS) is 37.9. The predicted molar refractivity (Wildman–Crippen MR) is 46.1 cm³/mol. The van der Waals surface area contributed by atoms with E-state index < -0.39 is 0 Å². The number of hydrogen-bond acceptors (Lipinski definition) is 1. The molecule has 1 aliphatic rings. The first-order valence-electron chi connectivity index (χ1n) is 4.79. The summed E-state index contributed by atoms with van der Waals surface area (Å²) < 4.78 is 0.955. The summed E-state index contributed by atoms with van der Waals surface area (Å²) in [4.78, 5) is 0. The van der Waals surface area contributed by atoms with E-state index in [4.69, 9.17) is 0 Å². The smallest absolute Gasteiger partial charge is 0.190 e. The molecule has 1 saturated heterocycles. The minimum absolute atomic E-state index is 0.0695. The van der Waals surface area contributed by atoms with Crippen LogP contribution in [0.2, 0.25) is 0 Å². The Morgan fingerprint density at radius 2 is 2.18 bits per heavy atom. The number of rotatable bonds is 3. The molecule has 0 aromatic carbocycles. The van der Waals surface area contributed by atoms with Gasteiger partial charge in [-0.1, -0.05) is 6.92 Å². The molecule has 1 heterocycles. The van der Waals surface area contributed by atoms with Crippen LogP contribution in [0.25, 0.3) is 0 Å². The summed E-state index contributed by atoms with van der Waals surface area (Å²) in [6.07, 6.45) is 3.33. The molecule has 2 unspecified atom stereocenters. The standard InChI is InChI=1S/C9H20NO/c1-3-7-10(4-2)8-5-6-9(10)11/h9,11H,3-8H2,1-2H3/q+1. The highest BCUT2D eigenvalue weighted by molar-refractivity contribution is 4.57. The highest BCUT2D eigenvalue weighted by atomic mass is 16.3. The zero-order valence-corrected chi connectivity index (χ0v) is 7.71. The molecule has 0 amide bonds. The number of quaternary nitrogens is 1. The van der Waals surface area contributed by atoms with Gasteiger partial charge in [-0.3, -0.25) is 4.48 Å². The van der Waals surface area contributed by atoms with Crippen LogP contribution < -0.4 is 0 Å². The van der Waals surface area contributed by atoms with Gasteiger partial charge in [0.1, 0.15) is 0 Å². The fraction of sp³-hybridized carbons (Fsp3) is 1.00. The minimum Gasteiger partial charge on any atom is -0.345 e. The van der Waals surface area contributed by atoms with Crippen molar-refractivity contribution in [2.75, 3.05) is 19.6 Å². The minimum atomic E-state index is -0.0695. The highest BCUT2D eigenvalue weighted by Gasteiger charge is 2.37. The Morgan fingerprint density at radius 3 is 2.55 bits per heavy atom. The second-order valence-corrected chi connectivity index (χ2v) is 3.60. The summed E-state index contributed by atoms with van der Waals surface area (Å²) in [5, 5.41) is 9.74. The van der Waals surface area contributed by atoms with Crippen LogP contribution in [0.3, 0.4) is 0 Å². The van der Waals surface area contributed by atoms with E-state index in [9.17, 15) is 5.11 Å². The van der Waals surface area contributed by atoms with Crippen LogP contribution in [0, 0.1) is 0 Å². The van der Waals surface area contributed by atoms with Crippen LogP contribution in [0.5, 0.6) is 0 Å². The van der Waals surface area contributed by atoms with E-state index in [2.05, 4.69) is 13.8 Å². The van der Waals surface area contributed by atoms with Crippen LogP contribution in [0.4, 0.5) is 0 Å². The van der Waals surface area contributed by atoms with Gasteiger partial charge in [0.15, 0.2) is 6.23 Å². The van der Waals surface area contributed by atoms with Crippen LogP contribution in [0.15, 0.2) is 0 Å². The summed E-state index contributed by atoms with van der Waals surface area (Å²) >= 11 is 0. The quantitative estimate of drug-likeness (QED) is 0.615. The summed E-state index contributed by atoms with van der Waals surface area (Å²) in [6.45, 7) is 7.81. The molecule has 0 spiro atoms. The lowest BCUT2D eigenvalue weighted by atomic mass is 10.3. The fourth-order valence-corrected chi connectivity index (χ4v) is 2.24. The van der Waals surface area contributed by atoms with E-state index in [1.807, 2.05) is 0 Å². The van der Waals surface area contributed by atoms with E-state index in [1.165, 1.54) is 19.4 Å². The summed E-state index contributed by atoms with van der Waals surface area (Å²) in [6, 6.07) is 0. The van der Waals surface area contributed by atoms with Crippen LogP contribution in [0.1, 0.15) is 33.1 Å². The summed E-state index contributed by atoms with van der Waals surface area (Å²) in [5.74, 6) is 0. The molecule has 66 valence electrons. The number of hydrogen-bond donors (Lipinski definition) is 1. The maximum Gasteiger partial charge on any atom is 0.190 e. The van der Waals surface area contributed by atoms with Gasteiger partial charge in [-0.15, -0.1) is 0 Å². The van der Waals surface area contributed by atoms with Gasteiger partial charge in [-0.25, -0.2) is 0 Å². The maximum absolute atomic E-state index is 9.74. The highest BCUT2D eigenvalue weighted by Crippen LogP contribution is 2.25. The molecule has 1 aliphatic heterocycles. The Bertz CT molecular complexity index is 127. The lowest BCUT2D eigenvalue weighted by Crippen LogP contribution is -2.51. The second-order valence-electron chi connectivity index (χ2n) is 3.60. The molecular formula is C9H20NO+. The van der Waals surface area contributed by atoms with Gasteiger partial charge in [0.05, 0.1) is 19.6 Å². The van der Waals surface area contributed by atoms with Gasteiger partial charge in [0.2, 0.25) is 0 Å². The van der Waals surface area contributed by atoms with E-state index >= 15 is 0 Å². The molecule has 1 N–H and O–H groups in total. The SMILES string of the molecule is CCC[N+]1(CC)CCCC1O. The zero-order valence-electron chi connectivity index (χ0n) is 7.71. The molecular weight excluding hydrogens is 138 g/mol. The van der Waals surface area contributed by atoms with E-state index in [-0.39, 0.29) is 6.23 Å². The first-order chi connectivity index (χ1) is 5.25. The average molecular weight is 158 g/mol. The molecule has 2 atom stereocenters. The Hall–Kier alpha value is -0.0800. The third kappa shape index (κ3) is 1.57. The fourth-order valence-electron chi connectivity index (χ4n) is 2.24. The van der Waals surface area contributed by atoms with E-state index in [0.29, 0.717) is 0 Å². The van der Waals surface area contributed by atoms with Crippen molar-refractivity contribution in [3.63, 3.8) is 0 Å². The molecule has 2 nitrogen and oxygen atoms in total. The molecule has 0 aromatic heterocycles. The topological polar surface area (TPSA) is 20.2 Å². The number of likely N-dealkylation sites (tertiary alicyclic amines) is 1. The van der Waals surface area contributed by atoms with Gasteiger partial charge >= 0.3 is 0 Å². The van der Waals surface area contributed by atoms with Crippen molar-refractivity contribution in [3.05, 3.63) is 0 Å². The lowest BCUT2D eigenvalue weighted by molar-refractivity contribution is -0.957. The molecule has 0 aliphatic carbocycles. The summed E-state index contributed by atoms with van der Waals surface area (Å²) in [7, 11) is 0. The molecule has 0 bridgehead atoms. The molecule has 11 heavy (non-hydrogen) atoms. The average Bonchev–Trinajstić information content (AvgIpc) is 2.35. The molecule has 1 rings (SSSR count). The van der Waals surface area contributed by atoms with Crippen LogP contribution in [-0.2, 0) is 0 Å². The summed E-state index contributed by atoms with van der Waals surface area (Å²) in [5.41, 5.74) is 0. The second kappa shape index (κ2) is 3.55. The molecule has 0 saturated carbocycles. The van der Waals surface area contributed by atoms with E-state index in [0.717, 1.165) is 24.0 Å². The van der Waals surface area contributed by atoms with E-state index in [1.54, 1.807) is 0 Å². The number of nitrogens with zero attached hydrogens (tertiary/aromatic N) is 1. The van der Waals surface area contributed by atoms with Gasteiger partial charge in [-0.05, 0) is 13.3 Å². The molecule has 1 fully saturated rings. The van der Waals surface area contributed by atoms with Gasteiger partial charge in [0.25, 0.3) is 0 Å². The van der Waals surface area contributed by atoms with Crippen molar-refractivity contribution >= 4 is 0 Å². The van der Waals surface area contributed by atoms with Gasteiger partial charge in [-0.2, -0.15) is 0 Å². The Morgan fingerprint density at radius 1 is 1.45 bits per heavy atom. The largest absolute Gasteiger partial charge is 0.345 e. The third-order valence-electron chi connectivity index (χ3n) is 3.00. The monoisotopic (exact) mass is 158 g/mol.